The number of halogens is 3. The Morgan fingerprint density at radius 1 is 1.12 bits per heavy atom. The van der Waals surface area contributed by atoms with Crippen molar-refractivity contribution < 1.29 is 22.8 Å². The number of amides is 2. The lowest BCUT2D eigenvalue weighted by Gasteiger charge is -2.30. The quantitative estimate of drug-likeness (QED) is 0.442. The van der Waals surface area contributed by atoms with Gasteiger partial charge in [0.2, 0.25) is 0 Å². The summed E-state index contributed by atoms with van der Waals surface area (Å²) >= 11 is 1.17. The summed E-state index contributed by atoms with van der Waals surface area (Å²) in [7, 11) is 0. The Morgan fingerprint density at radius 2 is 1.85 bits per heavy atom. The molecule has 0 fully saturated rings. The van der Waals surface area contributed by atoms with E-state index in [2.05, 4.69) is 10.1 Å². The first-order chi connectivity index (χ1) is 16.2. The number of aromatic nitrogens is 2. The monoisotopic (exact) mass is 485 g/mol. The predicted molar refractivity (Wildman–Crippen MR) is 125 cm³/mol. The van der Waals surface area contributed by atoms with Crippen LogP contribution in [0.1, 0.15) is 31.8 Å². The number of nitrogens with two attached hydrogens (primary N) is 1. The molecular weight excluding hydrogens is 467 g/mol. The van der Waals surface area contributed by atoms with Gasteiger partial charge in [-0.1, -0.05) is 42.1 Å². The zero-order valence-electron chi connectivity index (χ0n) is 17.8. The molecule has 3 aromatic rings. The van der Waals surface area contributed by atoms with Gasteiger partial charge in [0.1, 0.15) is 5.56 Å². The second-order valence-electron chi connectivity index (χ2n) is 7.21. The van der Waals surface area contributed by atoms with E-state index in [0.717, 1.165) is 12.1 Å². The van der Waals surface area contributed by atoms with Crippen molar-refractivity contribution in [2.45, 2.75) is 6.18 Å². The molecule has 0 unspecified atom stereocenters. The molecule has 1 aromatic heterocycles. The molecule has 2 N–H and O–H groups in total. The molecule has 7 nitrogen and oxygen atoms in total. The van der Waals surface area contributed by atoms with E-state index < -0.39 is 23.6 Å². The van der Waals surface area contributed by atoms with Crippen molar-refractivity contribution in [3.8, 4) is 0 Å². The Bertz CT molecular complexity index is 1320. The Hall–Kier alpha value is -3.86. The summed E-state index contributed by atoms with van der Waals surface area (Å²) in [4.78, 5) is 30.6. The summed E-state index contributed by atoms with van der Waals surface area (Å²) in [6.45, 7) is 0.124. The topological polar surface area (TPSA) is 93.6 Å². The maximum absolute atomic E-state index is 13.3. The third kappa shape index (κ3) is 4.46. The van der Waals surface area contributed by atoms with Crippen LogP contribution < -0.4 is 10.6 Å². The number of anilines is 1. The number of fused-ring (bicyclic) bond motifs is 1. The van der Waals surface area contributed by atoms with Gasteiger partial charge in [-0.2, -0.15) is 23.3 Å². The minimum absolute atomic E-state index is 0.0477. The van der Waals surface area contributed by atoms with Crippen LogP contribution in [0.15, 0.2) is 71.9 Å². The third-order valence-corrected chi connectivity index (χ3v) is 5.75. The molecule has 174 valence electrons. The predicted octanol–water partition coefficient (Wildman–Crippen LogP) is 4.27. The van der Waals surface area contributed by atoms with Crippen LogP contribution in [0.25, 0.3) is 5.70 Å². The van der Waals surface area contributed by atoms with Crippen LogP contribution in [0.5, 0.6) is 0 Å². The summed E-state index contributed by atoms with van der Waals surface area (Å²) < 4.78 is 41.1. The molecule has 1 aliphatic heterocycles. The number of thioether (sulfide) groups is 1. The molecule has 0 radical (unpaired) electrons. The second-order valence-corrected chi connectivity index (χ2v) is 7.98. The number of primary amides is 1. The molecule has 2 amide bonds. The average Bonchev–Trinajstić information content (AvgIpc) is 3.28. The largest absolute Gasteiger partial charge is 0.416 e. The molecule has 0 saturated heterocycles. The van der Waals surface area contributed by atoms with Gasteiger partial charge in [-0.25, -0.2) is 4.68 Å². The molecule has 0 spiro atoms. The molecule has 4 rings (SSSR count). The number of rotatable bonds is 3. The number of aliphatic imine (C=N–C) groups is 1. The number of amidine groups is 1. The van der Waals surface area contributed by atoms with Gasteiger partial charge in [-0.3, -0.25) is 9.59 Å². The molecule has 0 bridgehead atoms. The van der Waals surface area contributed by atoms with Crippen molar-refractivity contribution in [2.24, 2.45) is 10.7 Å². The average molecular weight is 485 g/mol. The van der Waals surface area contributed by atoms with Crippen LogP contribution in [-0.4, -0.2) is 39.6 Å². The molecule has 1 aliphatic rings. The van der Waals surface area contributed by atoms with Crippen LogP contribution in [-0.2, 0) is 6.18 Å². The van der Waals surface area contributed by atoms with E-state index in [1.165, 1.54) is 34.8 Å². The molecule has 2 aromatic carbocycles. The maximum atomic E-state index is 13.3. The SMILES string of the molecule is CSC(=NC(=O)c1ccccc1)N1CC=C(c2cccc(C(F)(F)F)c2)n2ncc(C(N)=O)c21. The molecule has 11 heteroatoms. The number of alkyl halides is 3. The van der Waals surface area contributed by atoms with Crippen molar-refractivity contribution >= 4 is 40.3 Å². The fourth-order valence-corrected chi connectivity index (χ4v) is 4.07. The van der Waals surface area contributed by atoms with Gasteiger partial charge < -0.3 is 10.6 Å². The van der Waals surface area contributed by atoms with Crippen molar-refractivity contribution in [1.82, 2.24) is 9.78 Å². The molecule has 0 saturated carbocycles. The minimum atomic E-state index is -4.51. The van der Waals surface area contributed by atoms with Crippen molar-refractivity contribution in [3.05, 3.63) is 89.1 Å². The normalized spacial score (nSPS) is 13.9. The van der Waals surface area contributed by atoms with Gasteiger partial charge in [-0.15, -0.1) is 0 Å². The van der Waals surface area contributed by atoms with Crippen LogP contribution in [0.3, 0.4) is 0 Å². The highest BCUT2D eigenvalue weighted by atomic mass is 32.2. The van der Waals surface area contributed by atoms with Crippen molar-refractivity contribution in [2.75, 3.05) is 17.7 Å². The number of hydrogen-bond donors (Lipinski definition) is 1. The molecule has 0 aliphatic carbocycles. The third-order valence-electron chi connectivity index (χ3n) is 5.08. The van der Waals surface area contributed by atoms with E-state index in [0.29, 0.717) is 11.3 Å². The second kappa shape index (κ2) is 9.18. The fourth-order valence-electron chi connectivity index (χ4n) is 3.51. The molecule has 2 heterocycles. The first kappa shape index (κ1) is 23.3. The number of carbonyl (C=O) groups is 2. The summed E-state index contributed by atoms with van der Waals surface area (Å²) in [6, 6.07) is 13.3. The van der Waals surface area contributed by atoms with Crippen molar-refractivity contribution in [1.29, 1.82) is 0 Å². The van der Waals surface area contributed by atoms with Gasteiger partial charge in [0.25, 0.3) is 11.8 Å². The van der Waals surface area contributed by atoms with Crippen molar-refractivity contribution in [3.63, 3.8) is 0 Å². The van der Waals surface area contributed by atoms with Crippen LogP contribution in [0.4, 0.5) is 19.0 Å². The Morgan fingerprint density at radius 3 is 2.50 bits per heavy atom. The van der Waals surface area contributed by atoms with Crippen LogP contribution in [0, 0.1) is 0 Å². The molecular formula is C23H18F3N5O2S. The smallest absolute Gasteiger partial charge is 0.365 e. The lowest BCUT2D eigenvalue weighted by molar-refractivity contribution is -0.137. The van der Waals surface area contributed by atoms with Gasteiger partial charge in [0, 0.05) is 17.7 Å². The molecule has 34 heavy (non-hydrogen) atoms. The highest BCUT2D eigenvalue weighted by Crippen LogP contribution is 2.35. The van der Waals surface area contributed by atoms with E-state index in [9.17, 15) is 22.8 Å². The first-order valence-corrected chi connectivity index (χ1v) is 11.2. The number of nitrogens with zero attached hydrogens (tertiary/aromatic N) is 4. The highest BCUT2D eigenvalue weighted by Gasteiger charge is 2.33. The summed E-state index contributed by atoms with van der Waals surface area (Å²) in [5.41, 5.74) is 5.78. The first-order valence-electron chi connectivity index (χ1n) is 9.96. The fraction of sp³-hybridized carbons (Fsp3) is 0.130. The highest BCUT2D eigenvalue weighted by molar-refractivity contribution is 8.13. The Labute approximate surface area is 196 Å². The van der Waals surface area contributed by atoms with E-state index in [4.69, 9.17) is 5.73 Å². The lowest BCUT2D eigenvalue weighted by atomic mass is 10.1. The van der Waals surface area contributed by atoms with E-state index in [1.54, 1.807) is 47.6 Å². The zero-order chi connectivity index (χ0) is 24.5. The number of carbonyl (C=O) groups excluding carboxylic acids is 2. The van der Waals surface area contributed by atoms with E-state index in [1.807, 2.05) is 0 Å². The lowest BCUT2D eigenvalue weighted by Crippen LogP contribution is -2.36. The van der Waals surface area contributed by atoms with Crippen LogP contribution >= 0.6 is 11.8 Å². The van der Waals surface area contributed by atoms with E-state index in [-0.39, 0.29) is 28.7 Å². The van der Waals surface area contributed by atoms with Gasteiger partial charge in [0.15, 0.2) is 11.0 Å². The Kier molecular flexibility index (Phi) is 6.29. The summed E-state index contributed by atoms with van der Waals surface area (Å²) in [5, 5.41) is 4.48. The zero-order valence-corrected chi connectivity index (χ0v) is 18.6. The minimum Gasteiger partial charge on any atom is -0.365 e. The maximum Gasteiger partial charge on any atom is 0.416 e. The van der Waals surface area contributed by atoms with Gasteiger partial charge in [-0.05, 0) is 36.6 Å². The van der Waals surface area contributed by atoms with Gasteiger partial charge >= 0.3 is 6.18 Å². The molecule has 0 atom stereocenters. The van der Waals surface area contributed by atoms with E-state index >= 15 is 0 Å². The van der Waals surface area contributed by atoms with Gasteiger partial charge in [0.05, 0.1) is 17.5 Å². The Balaban J connectivity index is 1.80. The summed E-state index contributed by atoms with van der Waals surface area (Å²) in [6.07, 6.45) is 0.0975. The number of benzene rings is 2. The number of hydrogen-bond acceptors (Lipinski definition) is 4. The standard InChI is InChI=1S/C23H18F3N5O2S/c1-34-22(29-20(33)14-6-3-2-4-7-14)30-11-10-18(31-21(30)17(13-28-31)19(27)32)15-8-5-9-16(12-15)23(24,25)26/h2-10,12-13H,11H2,1H3,(H2,27,32). The van der Waals surface area contributed by atoms with Crippen LogP contribution in [0.2, 0.25) is 0 Å². The summed E-state index contributed by atoms with van der Waals surface area (Å²) in [5.74, 6) is -1.04.